The molecule has 1 amide bonds. The molecule has 0 fully saturated rings. The summed E-state index contributed by atoms with van der Waals surface area (Å²) in [5.74, 6) is 0.966. The fraction of sp³-hybridized carbons (Fsp3) is 0.462. The zero-order valence-corrected chi connectivity index (χ0v) is 22.4. The second-order valence-electron chi connectivity index (χ2n) is 9.27. The lowest BCUT2D eigenvalue weighted by Crippen LogP contribution is -2.50. The van der Waals surface area contributed by atoms with Gasteiger partial charge in [-0.05, 0) is 74.8 Å². The highest BCUT2D eigenvalue weighted by atomic mass is 35.5. The fourth-order valence-electron chi connectivity index (χ4n) is 3.28. The molecule has 0 bridgehead atoms. The molecule has 0 unspecified atom stereocenters. The van der Waals surface area contributed by atoms with Crippen molar-refractivity contribution in [3.05, 3.63) is 59.1 Å². The number of rotatable bonds is 9. The summed E-state index contributed by atoms with van der Waals surface area (Å²) in [6, 6.07) is 15.1. The van der Waals surface area contributed by atoms with E-state index in [0.717, 1.165) is 23.4 Å². The van der Waals surface area contributed by atoms with E-state index in [2.05, 4.69) is 24.5 Å². The Balaban J connectivity index is 2.26. The van der Waals surface area contributed by atoms with E-state index in [-0.39, 0.29) is 12.0 Å². The van der Waals surface area contributed by atoms with Crippen molar-refractivity contribution in [2.75, 3.05) is 19.0 Å². The number of hydrogen-bond donors (Lipinski definition) is 2. The molecule has 0 aliphatic carbocycles. The van der Waals surface area contributed by atoms with Gasteiger partial charge in [-0.25, -0.2) is 4.79 Å². The van der Waals surface area contributed by atoms with E-state index in [1.807, 2.05) is 74.2 Å². The van der Waals surface area contributed by atoms with Crippen molar-refractivity contribution in [2.45, 2.75) is 59.2 Å². The summed E-state index contributed by atoms with van der Waals surface area (Å²) in [5, 5.41) is 7.55. The number of carbonyl (C=O) groups excluding carboxylic acids is 1. The Hall–Kier alpha value is -2.51. The summed E-state index contributed by atoms with van der Waals surface area (Å²) in [5.41, 5.74) is 1.21. The number of thiocarbonyl (C=S) groups is 1. The molecule has 34 heavy (non-hydrogen) atoms. The lowest BCUT2D eigenvalue weighted by molar-refractivity contribution is 0.0478. The number of amides is 1. The van der Waals surface area contributed by atoms with Crippen molar-refractivity contribution in [1.82, 2.24) is 10.2 Å². The number of ether oxygens (including phenoxy) is 2. The van der Waals surface area contributed by atoms with Crippen LogP contribution in [0.2, 0.25) is 5.02 Å². The van der Waals surface area contributed by atoms with Crippen LogP contribution in [0.25, 0.3) is 0 Å². The van der Waals surface area contributed by atoms with Gasteiger partial charge in [-0.2, -0.15) is 0 Å². The molecule has 0 saturated carbocycles. The van der Waals surface area contributed by atoms with Gasteiger partial charge in [0.05, 0.1) is 13.2 Å². The first-order valence-corrected chi connectivity index (χ1v) is 12.2. The molecule has 2 aromatic rings. The Morgan fingerprint density at radius 2 is 1.79 bits per heavy atom. The van der Waals surface area contributed by atoms with Crippen LogP contribution in [0.15, 0.2) is 48.5 Å². The van der Waals surface area contributed by atoms with E-state index >= 15 is 0 Å². The summed E-state index contributed by atoms with van der Waals surface area (Å²) in [7, 11) is 1.63. The highest BCUT2D eigenvalue weighted by Crippen LogP contribution is 2.21. The van der Waals surface area contributed by atoms with Gasteiger partial charge in [0, 0.05) is 23.8 Å². The highest BCUT2D eigenvalue weighted by molar-refractivity contribution is 7.80. The van der Waals surface area contributed by atoms with Gasteiger partial charge in [-0.3, -0.25) is 0 Å². The first-order chi connectivity index (χ1) is 16.0. The van der Waals surface area contributed by atoms with Gasteiger partial charge < -0.3 is 25.0 Å². The molecule has 2 aromatic carbocycles. The first-order valence-electron chi connectivity index (χ1n) is 11.4. The number of halogens is 1. The van der Waals surface area contributed by atoms with Crippen LogP contribution in [-0.4, -0.2) is 41.4 Å². The van der Waals surface area contributed by atoms with E-state index in [1.165, 1.54) is 0 Å². The SMILES string of the molecule is CC[C@H](C)[C@@H](CN(Cc1ccccc1Cl)C(=S)Nc1ccc(OC)cc1)NC(=O)OC(C)(C)C. The topological polar surface area (TPSA) is 62.8 Å². The highest BCUT2D eigenvalue weighted by Gasteiger charge is 2.26. The molecule has 0 aliphatic rings. The van der Waals surface area contributed by atoms with Crippen molar-refractivity contribution in [1.29, 1.82) is 0 Å². The summed E-state index contributed by atoms with van der Waals surface area (Å²) in [6.45, 7) is 10.7. The second-order valence-corrected chi connectivity index (χ2v) is 10.1. The van der Waals surface area contributed by atoms with Crippen molar-refractivity contribution in [3.63, 3.8) is 0 Å². The molecule has 0 aromatic heterocycles. The lowest BCUT2D eigenvalue weighted by atomic mass is 9.98. The number of methoxy groups -OCH3 is 1. The van der Waals surface area contributed by atoms with Gasteiger partial charge in [0.15, 0.2) is 5.11 Å². The van der Waals surface area contributed by atoms with E-state index in [9.17, 15) is 4.79 Å². The molecule has 0 saturated heterocycles. The van der Waals surface area contributed by atoms with Crippen LogP contribution in [0.4, 0.5) is 10.5 Å². The average molecular weight is 506 g/mol. The van der Waals surface area contributed by atoms with E-state index in [4.69, 9.17) is 33.3 Å². The quantitative estimate of drug-likeness (QED) is 0.380. The van der Waals surface area contributed by atoms with Crippen LogP contribution >= 0.6 is 23.8 Å². The maximum absolute atomic E-state index is 12.6. The number of anilines is 1. The number of benzene rings is 2. The second kappa shape index (κ2) is 12.8. The number of nitrogens with zero attached hydrogens (tertiary/aromatic N) is 1. The van der Waals surface area contributed by atoms with E-state index in [1.54, 1.807) is 7.11 Å². The predicted molar refractivity (Wildman–Crippen MR) is 144 cm³/mol. The van der Waals surface area contributed by atoms with Crippen LogP contribution < -0.4 is 15.4 Å². The number of nitrogens with one attached hydrogen (secondary N) is 2. The van der Waals surface area contributed by atoms with Gasteiger partial charge in [0.25, 0.3) is 0 Å². The molecule has 0 aliphatic heterocycles. The maximum atomic E-state index is 12.6. The fourth-order valence-corrected chi connectivity index (χ4v) is 3.73. The molecule has 8 heteroatoms. The smallest absolute Gasteiger partial charge is 0.407 e. The Morgan fingerprint density at radius 1 is 1.15 bits per heavy atom. The third kappa shape index (κ3) is 9.03. The van der Waals surface area contributed by atoms with Crippen LogP contribution in [0.3, 0.4) is 0 Å². The Kier molecular flexibility index (Phi) is 10.5. The van der Waals surface area contributed by atoms with Crippen molar-refractivity contribution < 1.29 is 14.3 Å². The summed E-state index contributed by atoms with van der Waals surface area (Å²) < 4.78 is 10.7. The molecule has 6 nitrogen and oxygen atoms in total. The summed E-state index contributed by atoms with van der Waals surface area (Å²) >= 11 is 12.3. The number of hydrogen-bond acceptors (Lipinski definition) is 4. The molecule has 2 rings (SSSR count). The minimum atomic E-state index is -0.577. The van der Waals surface area contributed by atoms with E-state index in [0.29, 0.717) is 23.2 Å². The molecule has 0 radical (unpaired) electrons. The molecule has 2 N–H and O–H groups in total. The third-order valence-corrected chi connectivity index (χ3v) is 6.13. The van der Waals surface area contributed by atoms with Crippen molar-refractivity contribution in [3.8, 4) is 5.75 Å². The van der Waals surface area contributed by atoms with Gasteiger partial charge in [-0.15, -0.1) is 0 Å². The monoisotopic (exact) mass is 505 g/mol. The predicted octanol–water partition coefficient (Wildman–Crippen LogP) is 6.49. The third-order valence-electron chi connectivity index (χ3n) is 5.40. The van der Waals surface area contributed by atoms with Crippen LogP contribution in [0, 0.1) is 5.92 Å². The van der Waals surface area contributed by atoms with E-state index < -0.39 is 11.7 Å². The largest absolute Gasteiger partial charge is 0.497 e. The average Bonchev–Trinajstić information content (AvgIpc) is 2.78. The van der Waals surface area contributed by atoms with Crippen LogP contribution in [0.1, 0.15) is 46.6 Å². The maximum Gasteiger partial charge on any atom is 0.407 e. The summed E-state index contributed by atoms with van der Waals surface area (Å²) in [6.07, 6.45) is 0.448. The first kappa shape index (κ1) is 27.7. The summed E-state index contributed by atoms with van der Waals surface area (Å²) in [4.78, 5) is 14.6. The zero-order valence-electron chi connectivity index (χ0n) is 20.9. The minimum Gasteiger partial charge on any atom is -0.497 e. The van der Waals surface area contributed by atoms with Crippen LogP contribution in [-0.2, 0) is 11.3 Å². The molecular weight excluding hydrogens is 470 g/mol. The normalized spacial score (nSPS) is 12.9. The number of carbonyl (C=O) groups is 1. The molecule has 0 spiro atoms. The Morgan fingerprint density at radius 3 is 2.35 bits per heavy atom. The van der Waals surface area contributed by atoms with Gasteiger partial charge in [-0.1, -0.05) is 50.1 Å². The van der Waals surface area contributed by atoms with Crippen LogP contribution in [0.5, 0.6) is 5.75 Å². The van der Waals surface area contributed by atoms with Gasteiger partial charge in [0.1, 0.15) is 11.4 Å². The number of alkyl carbamates (subject to hydrolysis) is 1. The van der Waals surface area contributed by atoms with Crippen molar-refractivity contribution >= 4 is 40.7 Å². The Labute approximate surface area is 214 Å². The lowest BCUT2D eigenvalue weighted by Gasteiger charge is -2.34. The Bertz CT molecular complexity index is 947. The van der Waals surface area contributed by atoms with Crippen molar-refractivity contribution in [2.24, 2.45) is 5.92 Å². The van der Waals surface area contributed by atoms with Gasteiger partial charge >= 0.3 is 6.09 Å². The molecule has 0 heterocycles. The minimum absolute atomic E-state index is 0.182. The van der Waals surface area contributed by atoms with Gasteiger partial charge in [0.2, 0.25) is 0 Å². The zero-order chi connectivity index (χ0) is 25.3. The standard InChI is InChI=1S/C26H36ClN3O3S/c1-7-18(2)23(29-25(31)33-26(3,4)5)17-30(16-19-10-8-9-11-22(19)27)24(34)28-20-12-14-21(32-6)15-13-20/h8-15,18,23H,7,16-17H2,1-6H3,(H,28,34)(H,29,31)/t18-,23+/m0/s1. The molecular formula is C26H36ClN3O3S. The molecule has 2 atom stereocenters. The molecule has 186 valence electrons.